The van der Waals surface area contributed by atoms with Crippen molar-refractivity contribution in [2.24, 2.45) is 0 Å². The van der Waals surface area contributed by atoms with Crippen LogP contribution >= 0.6 is 0 Å². The van der Waals surface area contributed by atoms with Crippen LogP contribution in [0.25, 0.3) is 0 Å². The van der Waals surface area contributed by atoms with Crippen molar-refractivity contribution < 1.29 is 4.79 Å². The Morgan fingerprint density at radius 2 is 1.74 bits per heavy atom. The molecule has 0 aromatic heterocycles. The van der Waals surface area contributed by atoms with E-state index < -0.39 is 0 Å². The molecule has 23 heavy (non-hydrogen) atoms. The molecule has 1 aliphatic rings. The number of anilines is 2. The molecule has 0 saturated carbocycles. The van der Waals surface area contributed by atoms with Gasteiger partial charge in [-0.25, -0.2) is 0 Å². The van der Waals surface area contributed by atoms with Crippen molar-refractivity contribution in [2.45, 2.75) is 46.2 Å². The number of aryl methyl sites for hydroxylation is 2. The van der Waals surface area contributed by atoms with Gasteiger partial charge in [0.15, 0.2) is 0 Å². The Balaban J connectivity index is 1.98. The normalized spacial score (nSPS) is 20.1. The van der Waals surface area contributed by atoms with Crippen LogP contribution in [-0.2, 0) is 4.79 Å². The van der Waals surface area contributed by atoms with Crippen LogP contribution in [0.5, 0.6) is 0 Å². The lowest BCUT2D eigenvalue weighted by Gasteiger charge is -2.39. The summed E-state index contributed by atoms with van der Waals surface area (Å²) >= 11 is 0. The maximum Gasteiger partial charge on any atom is 0.224 e. The summed E-state index contributed by atoms with van der Waals surface area (Å²) in [5, 5.41) is 3.64. The molecular formula is C20H24N2O. The summed E-state index contributed by atoms with van der Waals surface area (Å²) in [5.74, 6) is 0.108. The maximum atomic E-state index is 12.1. The second kappa shape index (κ2) is 6.07. The largest absolute Gasteiger partial charge is 0.378 e. The van der Waals surface area contributed by atoms with Gasteiger partial charge in [0.1, 0.15) is 0 Å². The van der Waals surface area contributed by atoms with Gasteiger partial charge in [0.2, 0.25) is 5.91 Å². The lowest BCUT2D eigenvalue weighted by atomic mass is 9.90. The second-order valence-corrected chi connectivity index (χ2v) is 6.60. The molecule has 0 bridgehead atoms. The molecule has 1 heterocycles. The Bertz CT molecular complexity index is 721. The van der Waals surface area contributed by atoms with Crippen LogP contribution < -0.4 is 10.2 Å². The minimum Gasteiger partial charge on any atom is -0.378 e. The highest BCUT2D eigenvalue weighted by Crippen LogP contribution is 2.39. The summed E-state index contributed by atoms with van der Waals surface area (Å²) in [4.78, 5) is 14.0. The maximum absolute atomic E-state index is 12.1. The number of nitrogens with zero attached hydrogens (tertiary/aromatic N) is 1. The molecule has 0 aliphatic carbocycles. The first-order valence-corrected chi connectivity index (χ1v) is 8.19. The van der Waals surface area contributed by atoms with Gasteiger partial charge in [-0.3, -0.25) is 4.79 Å². The van der Waals surface area contributed by atoms with E-state index in [1.807, 2.05) is 4.90 Å². The van der Waals surface area contributed by atoms with E-state index in [0.29, 0.717) is 0 Å². The minimum atomic E-state index is 0.108. The van der Waals surface area contributed by atoms with Gasteiger partial charge in [0, 0.05) is 24.3 Å². The number of nitrogens with one attached hydrogen (secondary N) is 1. The molecular weight excluding hydrogens is 284 g/mol. The Labute approximate surface area is 138 Å². The summed E-state index contributed by atoms with van der Waals surface area (Å²) in [6, 6.07) is 15.2. The monoisotopic (exact) mass is 308 g/mol. The van der Waals surface area contributed by atoms with Gasteiger partial charge in [-0.15, -0.1) is 0 Å². The average molecular weight is 308 g/mol. The topological polar surface area (TPSA) is 32.3 Å². The number of carbonyl (C=O) groups is 1. The van der Waals surface area contributed by atoms with Crippen LogP contribution in [0, 0.1) is 13.8 Å². The molecule has 3 heteroatoms. The van der Waals surface area contributed by atoms with Crippen molar-refractivity contribution in [3.05, 3.63) is 59.2 Å². The highest BCUT2D eigenvalue weighted by Gasteiger charge is 2.32. The molecule has 2 aromatic carbocycles. The first kappa shape index (κ1) is 15.6. The quantitative estimate of drug-likeness (QED) is 0.879. The van der Waals surface area contributed by atoms with Gasteiger partial charge >= 0.3 is 0 Å². The summed E-state index contributed by atoms with van der Waals surface area (Å²) in [6.45, 7) is 7.96. The van der Waals surface area contributed by atoms with Crippen molar-refractivity contribution in [1.29, 1.82) is 0 Å². The third kappa shape index (κ3) is 3.09. The van der Waals surface area contributed by atoms with Crippen molar-refractivity contribution in [3.63, 3.8) is 0 Å². The molecule has 0 saturated heterocycles. The molecule has 0 spiro atoms. The van der Waals surface area contributed by atoms with E-state index in [2.05, 4.69) is 68.6 Å². The third-order valence-corrected chi connectivity index (χ3v) is 4.57. The van der Waals surface area contributed by atoms with Crippen LogP contribution in [-0.4, -0.2) is 11.9 Å². The summed E-state index contributed by atoms with van der Waals surface area (Å²) in [5.41, 5.74) is 5.84. The van der Waals surface area contributed by atoms with Crippen molar-refractivity contribution in [2.75, 3.05) is 10.2 Å². The number of amides is 1. The van der Waals surface area contributed by atoms with Crippen molar-refractivity contribution in [3.8, 4) is 0 Å². The van der Waals surface area contributed by atoms with Gasteiger partial charge < -0.3 is 10.2 Å². The molecule has 2 atom stereocenters. The van der Waals surface area contributed by atoms with Crippen LogP contribution in [0.3, 0.4) is 0 Å². The van der Waals surface area contributed by atoms with E-state index in [0.717, 1.165) is 17.8 Å². The zero-order valence-electron chi connectivity index (χ0n) is 14.3. The van der Waals surface area contributed by atoms with Gasteiger partial charge in [-0.05, 0) is 51.0 Å². The highest BCUT2D eigenvalue weighted by atomic mass is 16.2. The first-order chi connectivity index (χ1) is 11.0. The zero-order valence-corrected chi connectivity index (χ0v) is 14.3. The zero-order chi connectivity index (χ0) is 16.6. The number of benzene rings is 2. The van der Waals surface area contributed by atoms with Crippen LogP contribution in [0.1, 0.15) is 43.0 Å². The van der Waals surface area contributed by atoms with E-state index in [4.69, 9.17) is 0 Å². The van der Waals surface area contributed by atoms with Gasteiger partial charge in [-0.2, -0.15) is 0 Å². The summed E-state index contributed by atoms with van der Waals surface area (Å²) in [7, 11) is 0. The Morgan fingerprint density at radius 3 is 2.39 bits per heavy atom. The van der Waals surface area contributed by atoms with Gasteiger partial charge in [-0.1, -0.05) is 35.4 Å². The molecule has 2 unspecified atom stereocenters. The summed E-state index contributed by atoms with van der Waals surface area (Å²) < 4.78 is 0. The lowest BCUT2D eigenvalue weighted by molar-refractivity contribution is -0.117. The first-order valence-electron chi connectivity index (χ1n) is 8.19. The van der Waals surface area contributed by atoms with Gasteiger partial charge in [0.05, 0.1) is 6.04 Å². The smallest absolute Gasteiger partial charge is 0.224 e. The fraction of sp³-hybridized carbons (Fsp3) is 0.350. The minimum absolute atomic E-state index is 0.108. The molecule has 3 nitrogen and oxygen atoms in total. The molecule has 2 aromatic rings. The van der Waals surface area contributed by atoms with E-state index in [1.165, 1.54) is 16.7 Å². The fourth-order valence-corrected chi connectivity index (χ4v) is 3.45. The standard InChI is InChI=1S/C20H24N2O/c1-13-5-8-17(9-6-13)21-19-12-15(3)22(16(4)23)20-10-7-14(2)11-18(19)20/h5-11,15,19,21H,12H2,1-4H3. The molecule has 1 amide bonds. The third-order valence-electron chi connectivity index (χ3n) is 4.57. The van der Waals surface area contributed by atoms with E-state index >= 15 is 0 Å². The predicted molar refractivity (Wildman–Crippen MR) is 96.0 cm³/mol. The van der Waals surface area contributed by atoms with Gasteiger partial charge in [0.25, 0.3) is 0 Å². The predicted octanol–water partition coefficient (Wildman–Crippen LogP) is 4.60. The van der Waals surface area contributed by atoms with Crippen molar-refractivity contribution >= 4 is 17.3 Å². The van der Waals surface area contributed by atoms with E-state index in [-0.39, 0.29) is 18.0 Å². The number of hydrogen-bond acceptors (Lipinski definition) is 2. The van der Waals surface area contributed by atoms with E-state index in [1.54, 1.807) is 6.92 Å². The average Bonchev–Trinajstić information content (AvgIpc) is 2.49. The number of fused-ring (bicyclic) bond motifs is 1. The SMILES string of the molecule is CC(=O)N1c2ccc(C)cc2C(Nc2ccc(C)cc2)CC1C. The molecule has 0 radical (unpaired) electrons. The molecule has 3 rings (SSSR count). The molecule has 1 aliphatic heterocycles. The molecule has 1 N–H and O–H groups in total. The second-order valence-electron chi connectivity index (χ2n) is 6.60. The van der Waals surface area contributed by atoms with Crippen LogP contribution in [0.15, 0.2) is 42.5 Å². The Morgan fingerprint density at radius 1 is 1.09 bits per heavy atom. The number of hydrogen-bond donors (Lipinski definition) is 1. The fourth-order valence-electron chi connectivity index (χ4n) is 3.45. The van der Waals surface area contributed by atoms with Crippen LogP contribution in [0.4, 0.5) is 11.4 Å². The number of carbonyl (C=O) groups excluding carboxylic acids is 1. The highest BCUT2D eigenvalue weighted by molar-refractivity contribution is 5.93. The molecule has 0 fully saturated rings. The Kier molecular flexibility index (Phi) is 4.12. The van der Waals surface area contributed by atoms with E-state index in [9.17, 15) is 4.79 Å². The molecule has 120 valence electrons. The summed E-state index contributed by atoms with van der Waals surface area (Å²) in [6.07, 6.45) is 0.907. The van der Waals surface area contributed by atoms with Crippen LogP contribution in [0.2, 0.25) is 0 Å². The number of rotatable bonds is 2. The van der Waals surface area contributed by atoms with Crippen molar-refractivity contribution in [1.82, 2.24) is 0 Å². The lowest BCUT2D eigenvalue weighted by Crippen LogP contribution is -2.43. The Hall–Kier alpha value is -2.29.